The molecular formula is C25H23N3O6. The predicted molar refractivity (Wildman–Crippen MR) is 121 cm³/mol. The molecule has 0 radical (unpaired) electrons. The Morgan fingerprint density at radius 3 is 2.76 bits per heavy atom. The third-order valence-corrected chi connectivity index (χ3v) is 5.91. The van der Waals surface area contributed by atoms with Crippen LogP contribution < -0.4 is 4.74 Å². The first-order chi connectivity index (χ1) is 16.5. The Balaban J connectivity index is 1.50. The molecule has 4 heterocycles. The smallest absolute Gasteiger partial charge is 0.290 e. The van der Waals surface area contributed by atoms with Gasteiger partial charge in [0, 0.05) is 30.9 Å². The number of para-hydroxylation sites is 1. The number of aliphatic hydroxyl groups is 1. The minimum Gasteiger partial charge on any atom is -0.503 e. The minimum atomic E-state index is -0.869. The Kier molecular flexibility index (Phi) is 5.45. The van der Waals surface area contributed by atoms with Gasteiger partial charge in [0.25, 0.3) is 5.91 Å². The summed E-state index contributed by atoms with van der Waals surface area (Å²) in [5.41, 5.74) is 0.348. The molecule has 4 aromatic rings. The van der Waals surface area contributed by atoms with Crippen molar-refractivity contribution in [1.82, 2.24) is 14.5 Å². The van der Waals surface area contributed by atoms with E-state index in [0.29, 0.717) is 47.7 Å². The van der Waals surface area contributed by atoms with Crippen molar-refractivity contribution in [2.24, 2.45) is 0 Å². The van der Waals surface area contributed by atoms with E-state index in [4.69, 9.17) is 13.6 Å². The first kappa shape index (κ1) is 21.6. The van der Waals surface area contributed by atoms with Gasteiger partial charge in [-0.05, 0) is 37.6 Å². The third kappa shape index (κ3) is 3.64. The molecule has 1 N–H and O–H groups in total. The number of fused-ring (bicyclic) bond motifs is 1. The number of rotatable bonds is 8. The van der Waals surface area contributed by atoms with Crippen molar-refractivity contribution in [1.29, 1.82) is 0 Å². The number of aryl methyl sites for hydroxylation is 2. The van der Waals surface area contributed by atoms with Crippen LogP contribution in [-0.4, -0.2) is 44.9 Å². The zero-order valence-electron chi connectivity index (χ0n) is 18.7. The van der Waals surface area contributed by atoms with Crippen LogP contribution in [0.15, 0.2) is 75.3 Å². The maximum absolute atomic E-state index is 13.6. The number of furan rings is 2. The van der Waals surface area contributed by atoms with Gasteiger partial charge in [-0.1, -0.05) is 12.1 Å². The van der Waals surface area contributed by atoms with Gasteiger partial charge in [0.15, 0.2) is 22.9 Å². The Labute approximate surface area is 194 Å². The number of Topliss-reactive ketones (excluding diaryl/α,β-unsaturated/α-hetero) is 1. The lowest BCUT2D eigenvalue weighted by atomic mass is 9.99. The molecule has 1 amide bonds. The van der Waals surface area contributed by atoms with E-state index in [1.165, 1.54) is 12.0 Å². The highest BCUT2D eigenvalue weighted by Crippen LogP contribution is 2.40. The van der Waals surface area contributed by atoms with Gasteiger partial charge in [-0.2, -0.15) is 0 Å². The summed E-state index contributed by atoms with van der Waals surface area (Å²) in [4.78, 5) is 32.1. The number of ketones is 1. The summed E-state index contributed by atoms with van der Waals surface area (Å²) >= 11 is 0. The number of nitrogens with zero attached hydrogens (tertiary/aromatic N) is 3. The van der Waals surface area contributed by atoms with Gasteiger partial charge in [0.2, 0.25) is 5.78 Å². The third-order valence-electron chi connectivity index (χ3n) is 5.91. The van der Waals surface area contributed by atoms with Gasteiger partial charge in [-0.15, -0.1) is 0 Å². The number of carbonyl (C=O) groups is 2. The average Bonchev–Trinajstić information content (AvgIpc) is 3.62. The van der Waals surface area contributed by atoms with Gasteiger partial charge in [-0.3, -0.25) is 9.59 Å². The molecule has 0 aliphatic carbocycles. The molecule has 3 aromatic heterocycles. The van der Waals surface area contributed by atoms with Crippen LogP contribution in [0.25, 0.3) is 11.0 Å². The fourth-order valence-electron chi connectivity index (χ4n) is 4.30. The lowest BCUT2D eigenvalue weighted by molar-refractivity contribution is -0.129. The topological polar surface area (TPSA) is 111 Å². The Morgan fingerprint density at radius 2 is 2.06 bits per heavy atom. The largest absolute Gasteiger partial charge is 0.503 e. The molecule has 5 rings (SSSR count). The molecule has 0 fully saturated rings. The Morgan fingerprint density at radius 1 is 1.21 bits per heavy atom. The second-order valence-electron chi connectivity index (χ2n) is 8.08. The summed E-state index contributed by atoms with van der Waals surface area (Å²) in [5, 5.41) is 11.5. The highest BCUT2D eigenvalue weighted by molar-refractivity contribution is 6.16. The second kappa shape index (κ2) is 8.58. The molecule has 34 heavy (non-hydrogen) atoms. The molecule has 0 unspecified atom stereocenters. The van der Waals surface area contributed by atoms with Crippen LogP contribution in [-0.2, 0) is 11.3 Å². The first-order valence-corrected chi connectivity index (χ1v) is 10.9. The normalized spacial score (nSPS) is 16.1. The van der Waals surface area contributed by atoms with Gasteiger partial charge in [0.05, 0.1) is 19.0 Å². The van der Waals surface area contributed by atoms with Crippen molar-refractivity contribution in [2.75, 3.05) is 13.7 Å². The van der Waals surface area contributed by atoms with E-state index in [2.05, 4.69) is 4.98 Å². The molecular weight excluding hydrogens is 438 g/mol. The molecule has 1 atom stereocenters. The number of benzene rings is 1. The molecule has 0 spiro atoms. The maximum Gasteiger partial charge on any atom is 0.290 e. The zero-order chi connectivity index (χ0) is 23.8. The summed E-state index contributed by atoms with van der Waals surface area (Å²) in [6.45, 7) is 2.71. The number of aromatic nitrogens is 2. The number of aliphatic hydroxyl groups excluding tert-OH is 1. The number of carbonyl (C=O) groups excluding carboxylic acids is 2. The van der Waals surface area contributed by atoms with Crippen molar-refractivity contribution >= 4 is 22.7 Å². The number of ether oxygens (including phenoxy) is 1. The molecule has 0 saturated heterocycles. The fraction of sp³-hybridized carbons (Fsp3) is 0.240. The summed E-state index contributed by atoms with van der Waals surface area (Å²) in [5.74, 6) is -0.290. The van der Waals surface area contributed by atoms with Crippen LogP contribution in [0.2, 0.25) is 0 Å². The SMILES string of the molecule is COc1cccc2cc(C(=O)C3=C(O)C(=O)N(CCCn4ccnc4)[C@H]3c3ccc(C)o3)oc12. The predicted octanol–water partition coefficient (Wildman–Crippen LogP) is 4.21. The van der Waals surface area contributed by atoms with Crippen molar-refractivity contribution < 1.29 is 28.3 Å². The molecule has 174 valence electrons. The Hall–Kier alpha value is -4.27. The molecule has 1 aromatic carbocycles. The molecule has 0 bridgehead atoms. The van der Waals surface area contributed by atoms with E-state index in [-0.39, 0.29) is 11.3 Å². The lowest BCUT2D eigenvalue weighted by Gasteiger charge is -2.24. The van der Waals surface area contributed by atoms with E-state index >= 15 is 0 Å². The van der Waals surface area contributed by atoms with Gasteiger partial charge in [-0.25, -0.2) is 4.98 Å². The highest BCUT2D eigenvalue weighted by Gasteiger charge is 2.45. The summed E-state index contributed by atoms with van der Waals surface area (Å²) < 4.78 is 18.8. The summed E-state index contributed by atoms with van der Waals surface area (Å²) in [7, 11) is 1.51. The highest BCUT2D eigenvalue weighted by atomic mass is 16.5. The van der Waals surface area contributed by atoms with Crippen LogP contribution in [0, 0.1) is 6.92 Å². The molecule has 0 saturated carbocycles. The van der Waals surface area contributed by atoms with Crippen molar-refractivity contribution in [3.63, 3.8) is 0 Å². The molecule has 1 aliphatic rings. The van der Waals surface area contributed by atoms with E-state index < -0.39 is 23.5 Å². The van der Waals surface area contributed by atoms with Crippen LogP contribution in [0.1, 0.15) is 34.5 Å². The molecule has 9 heteroatoms. The van der Waals surface area contributed by atoms with E-state index in [9.17, 15) is 14.7 Å². The van der Waals surface area contributed by atoms with Crippen LogP contribution in [0.5, 0.6) is 5.75 Å². The van der Waals surface area contributed by atoms with Crippen LogP contribution in [0.3, 0.4) is 0 Å². The zero-order valence-corrected chi connectivity index (χ0v) is 18.7. The number of amides is 1. The monoisotopic (exact) mass is 461 g/mol. The average molecular weight is 461 g/mol. The minimum absolute atomic E-state index is 0.00222. The maximum atomic E-state index is 13.6. The van der Waals surface area contributed by atoms with E-state index in [1.54, 1.807) is 55.8 Å². The standard InChI is InChI=1S/C25H23N3O6/c1-15-7-8-17(33-15)21-20(22(29)19-13-16-5-3-6-18(32-2)24(16)34-19)23(30)25(31)28(21)11-4-10-27-12-9-26-14-27/h3,5-9,12-14,21,30H,4,10-11H2,1-2H3/t21-/m0/s1. The Bertz CT molecular complexity index is 1400. The molecule has 9 nitrogen and oxygen atoms in total. The number of hydrogen-bond acceptors (Lipinski definition) is 7. The number of imidazole rings is 1. The van der Waals surface area contributed by atoms with Crippen molar-refractivity contribution in [3.8, 4) is 5.75 Å². The van der Waals surface area contributed by atoms with E-state index in [0.717, 1.165) is 0 Å². The van der Waals surface area contributed by atoms with E-state index in [1.807, 2.05) is 10.8 Å². The second-order valence-corrected chi connectivity index (χ2v) is 8.08. The number of methoxy groups -OCH3 is 1. The van der Waals surface area contributed by atoms with Crippen molar-refractivity contribution in [3.05, 3.63) is 83.7 Å². The number of hydrogen-bond donors (Lipinski definition) is 1. The summed E-state index contributed by atoms with van der Waals surface area (Å²) in [6.07, 6.45) is 5.80. The quantitative estimate of drug-likeness (QED) is 0.391. The fourth-order valence-corrected chi connectivity index (χ4v) is 4.30. The van der Waals surface area contributed by atoms with Crippen LogP contribution in [0.4, 0.5) is 0 Å². The summed E-state index contributed by atoms with van der Waals surface area (Å²) in [6, 6.07) is 9.49. The molecule has 1 aliphatic heterocycles. The van der Waals surface area contributed by atoms with Gasteiger partial charge >= 0.3 is 0 Å². The first-order valence-electron chi connectivity index (χ1n) is 10.9. The van der Waals surface area contributed by atoms with Gasteiger partial charge < -0.3 is 28.1 Å². The van der Waals surface area contributed by atoms with Crippen molar-refractivity contribution in [2.45, 2.75) is 25.9 Å². The van der Waals surface area contributed by atoms with Crippen LogP contribution >= 0.6 is 0 Å². The lowest BCUT2D eigenvalue weighted by Crippen LogP contribution is -2.32. The van der Waals surface area contributed by atoms with Gasteiger partial charge in [0.1, 0.15) is 17.6 Å².